The maximum Gasteiger partial charge on any atom is 0.324 e. The smallest absolute Gasteiger partial charge is 0.324 e. The van der Waals surface area contributed by atoms with Crippen molar-refractivity contribution in [2.75, 3.05) is 44.7 Å². The Labute approximate surface area is 190 Å². The molecule has 2 aliphatic heterocycles. The predicted molar refractivity (Wildman–Crippen MR) is 126 cm³/mol. The van der Waals surface area contributed by atoms with Gasteiger partial charge in [-0.1, -0.05) is 29.8 Å². The standard InChI is InChI=1S/C25H32ClN3O2/c1-3-31-23-9-10-24(26)20(16-23)15-19-11-13-28(14-12-19)17-22-18-29(25(30)27(22)2)21-7-5-4-6-8-21/h4-10,16,19,22H,3,11-15,17-18H2,1-2H3. The normalized spacial score (nSPS) is 20.5. The van der Waals surface area contributed by atoms with Crippen molar-refractivity contribution in [2.24, 2.45) is 5.92 Å². The highest BCUT2D eigenvalue weighted by molar-refractivity contribution is 6.31. The molecule has 2 saturated heterocycles. The van der Waals surface area contributed by atoms with E-state index in [-0.39, 0.29) is 12.1 Å². The number of nitrogens with zero attached hydrogens (tertiary/aromatic N) is 3. The van der Waals surface area contributed by atoms with Gasteiger partial charge < -0.3 is 14.5 Å². The van der Waals surface area contributed by atoms with Gasteiger partial charge in [0.2, 0.25) is 0 Å². The first-order valence-electron chi connectivity index (χ1n) is 11.3. The van der Waals surface area contributed by atoms with Crippen LogP contribution in [-0.4, -0.2) is 61.7 Å². The van der Waals surface area contributed by atoms with Gasteiger partial charge >= 0.3 is 6.03 Å². The summed E-state index contributed by atoms with van der Waals surface area (Å²) in [6.45, 7) is 6.48. The number of ether oxygens (including phenoxy) is 1. The summed E-state index contributed by atoms with van der Waals surface area (Å²) >= 11 is 6.44. The molecular formula is C25H32ClN3O2. The van der Waals surface area contributed by atoms with Crippen LogP contribution < -0.4 is 9.64 Å². The molecule has 2 aromatic carbocycles. The number of urea groups is 1. The van der Waals surface area contributed by atoms with Crippen molar-refractivity contribution < 1.29 is 9.53 Å². The van der Waals surface area contributed by atoms with Crippen LogP contribution in [0.25, 0.3) is 0 Å². The number of amides is 2. The number of halogens is 1. The summed E-state index contributed by atoms with van der Waals surface area (Å²) < 4.78 is 5.64. The molecule has 0 N–H and O–H groups in total. The zero-order valence-corrected chi connectivity index (χ0v) is 19.2. The van der Waals surface area contributed by atoms with E-state index in [1.165, 1.54) is 5.56 Å². The van der Waals surface area contributed by atoms with Gasteiger partial charge in [-0.2, -0.15) is 0 Å². The fourth-order valence-electron chi connectivity index (χ4n) is 4.71. The van der Waals surface area contributed by atoms with Crippen molar-refractivity contribution in [3.05, 3.63) is 59.1 Å². The Bertz CT molecular complexity index is 884. The minimum atomic E-state index is 0.0925. The molecule has 1 unspecified atom stereocenters. The van der Waals surface area contributed by atoms with Gasteiger partial charge in [0.1, 0.15) is 5.75 Å². The summed E-state index contributed by atoms with van der Waals surface area (Å²) in [7, 11) is 1.93. The molecule has 166 valence electrons. The second-order valence-electron chi connectivity index (χ2n) is 8.63. The predicted octanol–water partition coefficient (Wildman–Crippen LogP) is 4.93. The summed E-state index contributed by atoms with van der Waals surface area (Å²) in [5.74, 6) is 1.53. The average Bonchev–Trinajstić information content (AvgIpc) is 3.06. The summed E-state index contributed by atoms with van der Waals surface area (Å²) in [6, 6.07) is 16.3. The van der Waals surface area contributed by atoms with E-state index in [9.17, 15) is 4.79 Å². The molecule has 2 heterocycles. The Morgan fingerprint density at radius 3 is 2.55 bits per heavy atom. The topological polar surface area (TPSA) is 36.0 Å². The van der Waals surface area contributed by atoms with Crippen LogP contribution in [0.2, 0.25) is 5.02 Å². The lowest BCUT2D eigenvalue weighted by Gasteiger charge is -2.34. The number of para-hydroxylation sites is 1. The number of piperidine rings is 1. The monoisotopic (exact) mass is 441 g/mol. The zero-order chi connectivity index (χ0) is 21.8. The second-order valence-corrected chi connectivity index (χ2v) is 9.03. The first-order chi connectivity index (χ1) is 15.0. The molecule has 4 rings (SSSR count). The molecule has 2 amide bonds. The van der Waals surface area contributed by atoms with Gasteiger partial charge in [0, 0.05) is 30.8 Å². The molecule has 2 aliphatic rings. The van der Waals surface area contributed by atoms with Gasteiger partial charge in [0.25, 0.3) is 0 Å². The fraction of sp³-hybridized carbons (Fsp3) is 0.480. The molecule has 0 saturated carbocycles. The summed E-state index contributed by atoms with van der Waals surface area (Å²) in [5.41, 5.74) is 2.16. The van der Waals surface area contributed by atoms with Crippen molar-refractivity contribution in [3.8, 4) is 5.75 Å². The maximum absolute atomic E-state index is 12.7. The summed E-state index contributed by atoms with van der Waals surface area (Å²) in [4.78, 5) is 19.0. The molecule has 5 nitrogen and oxygen atoms in total. The van der Waals surface area contributed by atoms with Gasteiger partial charge in [-0.15, -0.1) is 0 Å². The molecule has 0 spiro atoms. The molecule has 6 heteroatoms. The Morgan fingerprint density at radius 1 is 1.10 bits per heavy atom. The van der Waals surface area contributed by atoms with E-state index in [2.05, 4.69) is 11.0 Å². The van der Waals surface area contributed by atoms with E-state index in [1.807, 2.05) is 66.2 Å². The molecule has 31 heavy (non-hydrogen) atoms. The minimum Gasteiger partial charge on any atom is -0.494 e. The number of rotatable bonds is 7. The third-order valence-electron chi connectivity index (χ3n) is 6.55. The zero-order valence-electron chi connectivity index (χ0n) is 18.5. The fourth-order valence-corrected chi connectivity index (χ4v) is 4.90. The van der Waals surface area contributed by atoms with Crippen LogP contribution in [0.15, 0.2) is 48.5 Å². The highest BCUT2D eigenvalue weighted by atomic mass is 35.5. The van der Waals surface area contributed by atoms with Crippen LogP contribution in [0.5, 0.6) is 5.75 Å². The third-order valence-corrected chi connectivity index (χ3v) is 6.92. The Balaban J connectivity index is 1.30. The maximum atomic E-state index is 12.7. The van der Waals surface area contributed by atoms with Crippen LogP contribution in [0.4, 0.5) is 10.5 Å². The minimum absolute atomic E-state index is 0.0925. The van der Waals surface area contributed by atoms with Gasteiger partial charge in [-0.05, 0) is 81.1 Å². The number of likely N-dealkylation sites (N-methyl/N-ethyl adjacent to an activating group) is 1. The first-order valence-corrected chi connectivity index (χ1v) is 11.7. The number of carbonyl (C=O) groups excluding carboxylic acids is 1. The number of benzene rings is 2. The lowest BCUT2D eigenvalue weighted by molar-refractivity contribution is 0.149. The summed E-state index contributed by atoms with van der Waals surface area (Å²) in [5, 5.41) is 0.831. The molecule has 2 aromatic rings. The van der Waals surface area contributed by atoms with Crippen molar-refractivity contribution in [1.82, 2.24) is 9.80 Å². The van der Waals surface area contributed by atoms with E-state index >= 15 is 0 Å². The van der Waals surface area contributed by atoms with Crippen molar-refractivity contribution in [2.45, 2.75) is 32.2 Å². The van der Waals surface area contributed by atoms with Gasteiger partial charge in [0.15, 0.2) is 0 Å². The number of anilines is 1. The molecule has 0 bridgehead atoms. The van der Waals surface area contributed by atoms with Crippen LogP contribution in [0.3, 0.4) is 0 Å². The quantitative estimate of drug-likeness (QED) is 0.611. The highest BCUT2D eigenvalue weighted by Gasteiger charge is 2.36. The number of hydrogen-bond donors (Lipinski definition) is 0. The third kappa shape index (κ3) is 5.16. The largest absolute Gasteiger partial charge is 0.494 e. The summed E-state index contributed by atoms with van der Waals surface area (Å²) in [6.07, 6.45) is 3.31. The Morgan fingerprint density at radius 2 is 1.84 bits per heavy atom. The van der Waals surface area contributed by atoms with E-state index in [0.29, 0.717) is 12.5 Å². The highest BCUT2D eigenvalue weighted by Crippen LogP contribution is 2.29. The van der Waals surface area contributed by atoms with Gasteiger partial charge in [-0.25, -0.2) is 4.79 Å². The molecule has 1 atom stereocenters. The Kier molecular flexibility index (Phi) is 7.03. The molecule has 0 radical (unpaired) electrons. The van der Waals surface area contributed by atoms with E-state index in [4.69, 9.17) is 16.3 Å². The van der Waals surface area contributed by atoms with Gasteiger partial charge in [0.05, 0.1) is 12.6 Å². The average molecular weight is 442 g/mol. The SMILES string of the molecule is CCOc1ccc(Cl)c(CC2CCN(CC3CN(c4ccccc4)C(=O)N3C)CC2)c1. The van der Waals surface area contributed by atoms with Crippen LogP contribution >= 0.6 is 11.6 Å². The van der Waals surface area contributed by atoms with Crippen LogP contribution in [0, 0.1) is 5.92 Å². The first kappa shape index (κ1) is 22.0. The van der Waals surface area contributed by atoms with Crippen molar-refractivity contribution >= 4 is 23.3 Å². The van der Waals surface area contributed by atoms with Gasteiger partial charge in [-0.3, -0.25) is 4.90 Å². The van der Waals surface area contributed by atoms with E-state index in [0.717, 1.165) is 61.9 Å². The van der Waals surface area contributed by atoms with Crippen LogP contribution in [-0.2, 0) is 6.42 Å². The van der Waals surface area contributed by atoms with E-state index < -0.39 is 0 Å². The Hall–Kier alpha value is -2.24. The molecule has 0 aromatic heterocycles. The number of carbonyl (C=O) groups is 1. The molecular weight excluding hydrogens is 410 g/mol. The van der Waals surface area contributed by atoms with E-state index in [1.54, 1.807) is 0 Å². The molecule has 2 fully saturated rings. The second kappa shape index (κ2) is 9.92. The number of likely N-dealkylation sites (tertiary alicyclic amines) is 1. The van der Waals surface area contributed by atoms with Crippen molar-refractivity contribution in [3.63, 3.8) is 0 Å². The lowest BCUT2D eigenvalue weighted by Crippen LogP contribution is -2.44. The lowest BCUT2D eigenvalue weighted by atomic mass is 9.90. The number of hydrogen-bond acceptors (Lipinski definition) is 3. The van der Waals surface area contributed by atoms with Crippen LogP contribution in [0.1, 0.15) is 25.3 Å². The van der Waals surface area contributed by atoms with Crippen molar-refractivity contribution in [1.29, 1.82) is 0 Å². The molecule has 0 aliphatic carbocycles.